The van der Waals surface area contributed by atoms with Crippen LogP contribution in [0, 0.1) is 5.82 Å². The molecule has 0 aliphatic rings. The standard InChI is InChI=1S/C16H10F4O/c17-14-6-1-3-11(9-14)7-8-15(21)12-4-2-5-13(10-12)16(18,19)20/h1-10H. The molecule has 21 heavy (non-hydrogen) atoms. The van der Waals surface area contributed by atoms with Gasteiger partial charge >= 0.3 is 6.18 Å². The molecular formula is C16H10F4O. The van der Waals surface area contributed by atoms with Gasteiger partial charge in [-0.1, -0.05) is 30.3 Å². The highest BCUT2D eigenvalue weighted by atomic mass is 19.4. The molecule has 2 aromatic rings. The van der Waals surface area contributed by atoms with Gasteiger partial charge < -0.3 is 0 Å². The second kappa shape index (κ2) is 5.91. The maximum Gasteiger partial charge on any atom is 0.416 e. The monoisotopic (exact) mass is 294 g/mol. The first-order valence-corrected chi connectivity index (χ1v) is 6.01. The number of ketones is 1. The van der Waals surface area contributed by atoms with Crippen molar-refractivity contribution in [2.45, 2.75) is 6.18 Å². The number of halogens is 4. The Bertz CT molecular complexity index is 687. The second-order valence-electron chi connectivity index (χ2n) is 4.33. The average molecular weight is 294 g/mol. The van der Waals surface area contributed by atoms with Crippen molar-refractivity contribution in [2.75, 3.05) is 0 Å². The van der Waals surface area contributed by atoms with E-state index in [1.54, 1.807) is 6.07 Å². The van der Waals surface area contributed by atoms with Crippen LogP contribution in [0.15, 0.2) is 54.6 Å². The summed E-state index contributed by atoms with van der Waals surface area (Å²) in [5, 5.41) is 0. The molecule has 0 atom stereocenters. The molecule has 108 valence electrons. The quantitative estimate of drug-likeness (QED) is 0.454. The van der Waals surface area contributed by atoms with E-state index in [1.165, 1.54) is 36.4 Å². The number of benzene rings is 2. The first kappa shape index (κ1) is 15.0. The average Bonchev–Trinajstić information content (AvgIpc) is 2.44. The van der Waals surface area contributed by atoms with E-state index in [4.69, 9.17) is 0 Å². The van der Waals surface area contributed by atoms with Crippen LogP contribution >= 0.6 is 0 Å². The molecule has 0 N–H and O–H groups in total. The normalized spacial score (nSPS) is 11.8. The zero-order valence-corrected chi connectivity index (χ0v) is 10.7. The van der Waals surface area contributed by atoms with Gasteiger partial charge in [0.1, 0.15) is 5.82 Å². The fraction of sp³-hybridized carbons (Fsp3) is 0.0625. The number of allylic oxidation sites excluding steroid dienone is 1. The van der Waals surface area contributed by atoms with Crippen molar-refractivity contribution < 1.29 is 22.4 Å². The third-order valence-electron chi connectivity index (χ3n) is 2.75. The zero-order chi connectivity index (χ0) is 15.5. The summed E-state index contributed by atoms with van der Waals surface area (Å²) in [6.45, 7) is 0. The SMILES string of the molecule is O=C(C=Cc1cccc(F)c1)c1cccc(C(F)(F)F)c1. The maximum absolute atomic E-state index is 13.0. The van der Waals surface area contributed by atoms with Crippen LogP contribution in [0.1, 0.15) is 21.5 Å². The molecule has 0 fully saturated rings. The molecule has 0 aromatic heterocycles. The lowest BCUT2D eigenvalue weighted by Gasteiger charge is -2.07. The van der Waals surface area contributed by atoms with Crippen LogP contribution in [-0.2, 0) is 6.18 Å². The molecule has 0 heterocycles. The van der Waals surface area contributed by atoms with Crippen LogP contribution in [0.3, 0.4) is 0 Å². The first-order valence-electron chi connectivity index (χ1n) is 6.01. The molecule has 0 aliphatic heterocycles. The number of carbonyl (C=O) groups is 1. The molecule has 0 spiro atoms. The second-order valence-corrected chi connectivity index (χ2v) is 4.33. The zero-order valence-electron chi connectivity index (χ0n) is 10.7. The van der Waals surface area contributed by atoms with Gasteiger partial charge in [0, 0.05) is 5.56 Å². The molecule has 0 saturated carbocycles. The third kappa shape index (κ3) is 4.02. The summed E-state index contributed by atoms with van der Waals surface area (Å²) in [5.41, 5.74) is -0.500. The van der Waals surface area contributed by atoms with E-state index < -0.39 is 23.3 Å². The van der Waals surface area contributed by atoms with Gasteiger partial charge in [-0.15, -0.1) is 0 Å². The summed E-state index contributed by atoms with van der Waals surface area (Å²) < 4.78 is 50.6. The fourth-order valence-corrected chi connectivity index (χ4v) is 1.73. The molecule has 5 heteroatoms. The summed E-state index contributed by atoms with van der Waals surface area (Å²) >= 11 is 0. The van der Waals surface area contributed by atoms with Crippen LogP contribution in [0.4, 0.5) is 17.6 Å². The van der Waals surface area contributed by atoms with Crippen LogP contribution < -0.4 is 0 Å². The van der Waals surface area contributed by atoms with Gasteiger partial charge in [-0.05, 0) is 35.9 Å². The van der Waals surface area contributed by atoms with Gasteiger partial charge in [0.25, 0.3) is 0 Å². The fourth-order valence-electron chi connectivity index (χ4n) is 1.73. The minimum absolute atomic E-state index is 0.0718. The maximum atomic E-state index is 13.0. The van der Waals surface area contributed by atoms with Gasteiger partial charge in [0.05, 0.1) is 5.56 Å². The summed E-state index contributed by atoms with van der Waals surface area (Å²) in [4.78, 5) is 11.8. The Hall–Kier alpha value is -2.43. The lowest BCUT2D eigenvalue weighted by Crippen LogP contribution is -2.06. The van der Waals surface area contributed by atoms with Gasteiger partial charge in [0.2, 0.25) is 0 Å². The Morgan fingerprint density at radius 1 is 1.00 bits per heavy atom. The van der Waals surface area contributed by atoms with Gasteiger partial charge in [-0.25, -0.2) is 4.39 Å². The molecule has 1 nitrogen and oxygen atoms in total. The number of hydrogen-bond donors (Lipinski definition) is 0. The van der Waals surface area contributed by atoms with Gasteiger partial charge in [-0.2, -0.15) is 13.2 Å². The summed E-state index contributed by atoms with van der Waals surface area (Å²) in [7, 11) is 0. The van der Waals surface area contributed by atoms with Crippen molar-refractivity contribution in [2.24, 2.45) is 0 Å². The van der Waals surface area contributed by atoms with Crippen LogP contribution in [-0.4, -0.2) is 5.78 Å². The third-order valence-corrected chi connectivity index (χ3v) is 2.75. The van der Waals surface area contributed by atoms with Crippen molar-refractivity contribution in [3.05, 3.63) is 77.1 Å². The minimum atomic E-state index is -4.50. The Morgan fingerprint density at radius 3 is 2.38 bits per heavy atom. The predicted molar refractivity (Wildman–Crippen MR) is 71.2 cm³/mol. The first-order chi connectivity index (χ1) is 9.86. The smallest absolute Gasteiger partial charge is 0.289 e. The molecule has 2 aromatic carbocycles. The number of rotatable bonds is 3. The molecule has 0 amide bonds. The topological polar surface area (TPSA) is 17.1 Å². The summed E-state index contributed by atoms with van der Waals surface area (Å²) in [5.74, 6) is -1.03. The highest BCUT2D eigenvalue weighted by molar-refractivity contribution is 6.06. The highest BCUT2D eigenvalue weighted by Gasteiger charge is 2.30. The lowest BCUT2D eigenvalue weighted by molar-refractivity contribution is -0.137. The summed E-state index contributed by atoms with van der Waals surface area (Å²) in [6, 6.07) is 9.69. The van der Waals surface area contributed by atoms with E-state index in [2.05, 4.69) is 0 Å². The Morgan fingerprint density at radius 2 is 1.71 bits per heavy atom. The molecule has 0 bridgehead atoms. The van der Waals surface area contributed by atoms with Crippen LogP contribution in [0.5, 0.6) is 0 Å². The number of carbonyl (C=O) groups excluding carboxylic acids is 1. The molecule has 0 unspecified atom stereocenters. The van der Waals surface area contributed by atoms with Crippen molar-refractivity contribution >= 4 is 11.9 Å². The van der Waals surface area contributed by atoms with Gasteiger partial charge in [-0.3, -0.25) is 4.79 Å². The van der Waals surface area contributed by atoms with E-state index >= 15 is 0 Å². The van der Waals surface area contributed by atoms with E-state index in [-0.39, 0.29) is 5.56 Å². The van der Waals surface area contributed by atoms with Crippen LogP contribution in [0.2, 0.25) is 0 Å². The Kier molecular flexibility index (Phi) is 4.21. The lowest BCUT2D eigenvalue weighted by atomic mass is 10.1. The van der Waals surface area contributed by atoms with Gasteiger partial charge in [0.15, 0.2) is 5.78 Å². The van der Waals surface area contributed by atoms with Crippen molar-refractivity contribution in [1.29, 1.82) is 0 Å². The largest absolute Gasteiger partial charge is 0.416 e. The molecule has 0 aliphatic carbocycles. The van der Waals surface area contributed by atoms with E-state index in [0.29, 0.717) is 5.56 Å². The van der Waals surface area contributed by atoms with Crippen molar-refractivity contribution in [1.82, 2.24) is 0 Å². The highest BCUT2D eigenvalue weighted by Crippen LogP contribution is 2.29. The predicted octanol–water partition coefficient (Wildman–Crippen LogP) is 4.74. The number of hydrogen-bond acceptors (Lipinski definition) is 1. The Labute approximate surface area is 118 Å². The van der Waals surface area contributed by atoms with Crippen molar-refractivity contribution in [3.8, 4) is 0 Å². The van der Waals surface area contributed by atoms with E-state index in [9.17, 15) is 22.4 Å². The van der Waals surface area contributed by atoms with Crippen molar-refractivity contribution in [3.63, 3.8) is 0 Å². The Balaban J connectivity index is 2.21. The van der Waals surface area contributed by atoms with E-state index in [0.717, 1.165) is 18.2 Å². The molecule has 2 rings (SSSR count). The minimum Gasteiger partial charge on any atom is -0.289 e. The number of alkyl halides is 3. The molecular weight excluding hydrogens is 284 g/mol. The summed E-state index contributed by atoms with van der Waals surface area (Å²) in [6.07, 6.45) is -2.03. The molecule has 0 saturated heterocycles. The molecule has 0 radical (unpaired) electrons. The van der Waals surface area contributed by atoms with E-state index in [1.807, 2.05) is 0 Å². The van der Waals surface area contributed by atoms with Crippen LogP contribution in [0.25, 0.3) is 6.08 Å².